The second-order valence-corrected chi connectivity index (χ2v) is 11.4. The highest BCUT2D eigenvalue weighted by Gasteiger charge is 2.38. The molecule has 1 unspecified atom stereocenters. The van der Waals surface area contributed by atoms with Gasteiger partial charge in [0.2, 0.25) is 5.91 Å². The van der Waals surface area contributed by atoms with Crippen molar-refractivity contribution in [1.82, 2.24) is 4.90 Å². The zero-order valence-corrected chi connectivity index (χ0v) is 23.2. The van der Waals surface area contributed by atoms with Crippen molar-refractivity contribution in [1.29, 1.82) is 0 Å². The van der Waals surface area contributed by atoms with E-state index in [1.54, 1.807) is 19.3 Å². The molecule has 0 saturated carbocycles. The zero-order chi connectivity index (χ0) is 26.9. The Bertz CT molecular complexity index is 1270. The van der Waals surface area contributed by atoms with Crippen LogP contribution in [-0.4, -0.2) is 47.7 Å². The van der Waals surface area contributed by atoms with Crippen LogP contribution in [0.25, 0.3) is 6.08 Å². The summed E-state index contributed by atoms with van der Waals surface area (Å²) in [4.78, 5) is 42.1. The van der Waals surface area contributed by atoms with Gasteiger partial charge in [-0.15, -0.1) is 0 Å². The molecule has 2 aliphatic heterocycles. The lowest BCUT2D eigenvalue weighted by atomic mass is 9.79. The molecule has 2 aromatic carbocycles. The number of thioether (sulfide) groups is 1. The summed E-state index contributed by atoms with van der Waals surface area (Å²) in [7, 11) is 1.61. The molecule has 1 N–H and O–H groups in total. The van der Waals surface area contributed by atoms with Gasteiger partial charge in [0.05, 0.1) is 12.0 Å². The topological polar surface area (TPSA) is 79.0 Å². The highest BCUT2D eigenvalue weighted by atomic mass is 32.2. The number of carbonyl (C=O) groups excluding carboxylic acids is 3. The fourth-order valence-corrected chi connectivity index (χ4v) is 6.14. The Labute approximate surface area is 223 Å². The molecule has 4 rings (SSSR count). The summed E-state index contributed by atoms with van der Waals surface area (Å²) in [6, 6.07) is 11.5. The number of carbonyl (C=O) groups is 3. The van der Waals surface area contributed by atoms with Crippen LogP contribution in [0, 0.1) is 6.92 Å². The van der Waals surface area contributed by atoms with Crippen molar-refractivity contribution in [2.45, 2.75) is 58.9 Å². The minimum absolute atomic E-state index is 0.0244. The molecule has 1 fully saturated rings. The van der Waals surface area contributed by atoms with Gasteiger partial charge in [0.25, 0.3) is 11.1 Å². The van der Waals surface area contributed by atoms with Gasteiger partial charge in [-0.25, -0.2) is 0 Å². The third kappa shape index (κ3) is 5.54. The SMILES string of the molecule is CCCN1c2cc(OC)c(/C=C3/SC(=O)N(CC(=O)Nc4cccc(C)c4)C3=O)cc2C(C)CC1(C)C. The molecule has 3 amide bonds. The number of rotatable bonds is 7. The lowest BCUT2D eigenvalue weighted by Crippen LogP contribution is -2.48. The van der Waals surface area contributed by atoms with Crippen molar-refractivity contribution < 1.29 is 19.1 Å². The number of nitrogens with one attached hydrogen (secondary N) is 1. The molecular weight excluding hydrogens is 486 g/mol. The number of hydrogen-bond donors (Lipinski definition) is 1. The molecule has 1 saturated heterocycles. The Morgan fingerprint density at radius 1 is 1.24 bits per heavy atom. The lowest BCUT2D eigenvalue weighted by Gasteiger charge is -2.47. The van der Waals surface area contributed by atoms with Crippen LogP contribution in [0.3, 0.4) is 0 Å². The van der Waals surface area contributed by atoms with Crippen LogP contribution in [0.4, 0.5) is 16.2 Å². The van der Waals surface area contributed by atoms with E-state index in [0.717, 1.165) is 52.9 Å². The monoisotopic (exact) mass is 521 g/mol. The molecule has 196 valence electrons. The third-order valence-corrected chi connectivity index (χ3v) is 7.86. The number of amides is 3. The Kier molecular flexibility index (Phi) is 7.69. The normalized spacial score (nSPS) is 19.8. The molecule has 2 aromatic rings. The number of aryl methyl sites for hydroxylation is 1. The first-order valence-corrected chi connectivity index (χ1v) is 13.5. The number of nitrogens with zero attached hydrogens (tertiary/aromatic N) is 2. The predicted octanol–water partition coefficient (Wildman–Crippen LogP) is 6.18. The van der Waals surface area contributed by atoms with Gasteiger partial charge in [-0.05, 0) is 86.7 Å². The number of ether oxygens (including phenoxy) is 1. The first kappa shape index (κ1) is 26.8. The van der Waals surface area contributed by atoms with Crippen molar-refractivity contribution >= 4 is 46.3 Å². The maximum absolute atomic E-state index is 13.1. The van der Waals surface area contributed by atoms with E-state index in [4.69, 9.17) is 4.74 Å². The highest BCUT2D eigenvalue weighted by Crippen LogP contribution is 2.46. The summed E-state index contributed by atoms with van der Waals surface area (Å²) in [5, 5.41) is 2.29. The smallest absolute Gasteiger partial charge is 0.294 e. The number of hydrogen-bond acceptors (Lipinski definition) is 6. The largest absolute Gasteiger partial charge is 0.496 e. The van der Waals surface area contributed by atoms with E-state index in [1.165, 1.54) is 5.56 Å². The standard InChI is InChI=1S/C29H35N3O4S/c1-7-11-32-23-15-24(36-6)20(13-22(23)19(3)16-29(32,4)5)14-25-27(34)31(28(35)37-25)17-26(33)30-21-10-8-9-18(2)12-21/h8-10,12-15,19H,7,11,16-17H2,1-6H3,(H,30,33)/b25-14+. The lowest BCUT2D eigenvalue weighted by molar-refractivity contribution is -0.127. The van der Waals surface area contributed by atoms with Gasteiger partial charge in [0.15, 0.2) is 0 Å². The van der Waals surface area contributed by atoms with Crippen LogP contribution in [0.1, 0.15) is 63.1 Å². The number of benzene rings is 2. The van der Waals surface area contributed by atoms with E-state index in [1.807, 2.05) is 31.2 Å². The zero-order valence-electron chi connectivity index (χ0n) is 22.4. The van der Waals surface area contributed by atoms with Crippen LogP contribution in [0.5, 0.6) is 5.75 Å². The van der Waals surface area contributed by atoms with Gasteiger partial charge in [0.1, 0.15) is 12.3 Å². The molecule has 1 atom stereocenters. The Balaban J connectivity index is 1.59. The average molecular weight is 522 g/mol. The van der Waals surface area contributed by atoms with Crippen LogP contribution in [0.15, 0.2) is 41.3 Å². The van der Waals surface area contributed by atoms with Crippen molar-refractivity contribution in [2.75, 3.05) is 30.4 Å². The van der Waals surface area contributed by atoms with E-state index >= 15 is 0 Å². The molecule has 0 aromatic heterocycles. The molecule has 2 heterocycles. The van der Waals surface area contributed by atoms with Crippen molar-refractivity contribution in [3.63, 3.8) is 0 Å². The number of anilines is 2. The molecule has 8 heteroatoms. The summed E-state index contributed by atoms with van der Waals surface area (Å²) >= 11 is 0.846. The maximum atomic E-state index is 13.1. The molecule has 0 bridgehead atoms. The first-order chi connectivity index (χ1) is 17.5. The summed E-state index contributed by atoms with van der Waals surface area (Å²) in [5.74, 6) is 0.0780. The van der Waals surface area contributed by atoms with E-state index in [0.29, 0.717) is 17.4 Å². The molecular formula is C29H35N3O4S. The summed E-state index contributed by atoms with van der Waals surface area (Å²) in [5.41, 5.74) is 4.76. The first-order valence-electron chi connectivity index (χ1n) is 12.7. The molecule has 0 spiro atoms. The van der Waals surface area contributed by atoms with Gasteiger partial charge >= 0.3 is 0 Å². The van der Waals surface area contributed by atoms with E-state index < -0.39 is 17.1 Å². The van der Waals surface area contributed by atoms with Crippen molar-refractivity contribution in [3.8, 4) is 5.75 Å². The van der Waals surface area contributed by atoms with E-state index in [2.05, 4.69) is 44.0 Å². The van der Waals surface area contributed by atoms with Gasteiger partial charge in [-0.3, -0.25) is 19.3 Å². The molecule has 7 nitrogen and oxygen atoms in total. The number of imide groups is 1. The quantitative estimate of drug-likeness (QED) is 0.438. The summed E-state index contributed by atoms with van der Waals surface area (Å²) in [6.07, 6.45) is 3.75. The third-order valence-electron chi connectivity index (χ3n) is 6.95. The van der Waals surface area contributed by atoms with Gasteiger partial charge in [0, 0.05) is 35.1 Å². The highest BCUT2D eigenvalue weighted by molar-refractivity contribution is 8.18. The number of fused-ring (bicyclic) bond motifs is 1. The average Bonchev–Trinajstić information content (AvgIpc) is 3.08. The van der Waals surface area contributed by atoms with E-state index in [9.17, 15) is 14.4 Å². The van der Waals surface area contributed by atoms with E-state index in [-0.39, 0.29) is 17.0 Å². The van der Waals surface area contributed by atoms with Gasteiger partial charge in [-0.1, -0.05) is 26.0 Å². The summed E-state index contributed by atoms with van der Waals surface area (Å²) < 4.78 is 5.73. The minimum Gasteiger partial charge on any atom is -0.496 e. The Morgan fingerprint density at radius 3 is 2.68 bits per heavy atom. The fourth-order valence-electron chi connectivity index (χ4n) is 5.31. The molecule has 2 aliphatic rings. The molecule has 37 heavy (non-hydrogen) atoms. The maximum Gasteiger partial charge on any atom is 0.294 e. The van der Waals surface area contributed by atoms with Gasteiger partial charge in [-0.2, -0.15) is 0 Å². The molecule has 0 aliphatic carbocycles. The predicted molar refractivity (Wildman–Crippen MR) is 150 cm³/mol. The van der Waals surface area contributed by atoms with Crippen LogP contribution >= 0.6 is 11.8 Å². The second-order valence-electron chi connectivity index (χ2n) is 10.4. The Hall–Kier alpha value is -3.26. The van der Waals surface area contributed by atoms with Crippen molar-refractivity contribution in [3.05, 3.63) is 58.0 Å². The second kappa shape index (κ2) is 10.6. The fraction of sp³-hybridized carbons (Fsp3) is 0.414. The molecule has 0 radical (unpaired) electrons. The van der Waals surface area contributed by atoms with Crippen molar-refractivity contribution in [2.24, 2.45) is 0 Å². The Morgan fingerprint density at radius 2 is 2.00 bits per heavy atom. The van der Waals surface area contributed by atoms with Crippen LogP contribution in [0.2, 0.25) is 0 Å². The van der Waals surface area contributed by atoms with Crippen LogP contribution in [-0.2, 0) is 9.59 Å². The van der Waals surface area contributed by atoms with Crippen LogP contribution < -0.4 is 15.0 Å². The number of methoxy groups -OCH3 is 1. The minimum atomic E-state index is -0.476. The summed E-state index contributed by atoms with van der Waals surface area (Å²) in [6.45, 7) is 11.5. The van der Waals surface area contributed by atoms with Gasteiger partial charge < -0.3 is 15.0 Å².